The van der Waals surface area contributed by atoms with Crippen molar-refractivity contribution in [3.63, 3.8) is 0 Å². The van der Waals surface area contributed by atoms with Gasteiger partial charge < -0.3 is 19.7 Å². The van der Waals surface area contributed by atoms with Crippen LogP contribution < -0.4 is 5.32 Å². The van der Waals surface area contributed by atoms with Crippen LogP contribution >= 0.6 is 0 Å². The summed E-state index contributed by atoms with van der Waals surface area (Å²) >= 11 is 0. The van der Waals surface area contributed by atoms with E-state index in [1.54, 1.807) is 6.33 Å². The molecule has 1 aromatic rings. The van der Waals surface area contributed by atoms with Gasteiger partial charge in [-0.05, 0) is 13.3 Å². The van der Waals surface area contributed by atoms with Gasteiger partial charge in [0.2, 0.25) is 0 Å². The van der Waals surface area contributed by atoms with Gasteiger partial charge in [0.1, 0.15) is 12.2 Å². The maximum atomic E-state index is 9.84. The van der Waals surface area contributed by atoms with Crippen molar-refractivity contribution in [3.8, 4) is 0 Å². The maximum Gasteiger partial charge on any atom is 0.149 e. The van der Waals surface area contributed by atoms with E-state index in [0.29, 0.717) is 13.2 Å². The molecule has 1 aromatic heterocycles. The molecular weight excluding hydrogens is 256 g/mol. The van der Waals surface area contributed by atoms with E-state index >= 15 is 0 Å². The van der Waals surface area contributed by atoms with Crippen LogP contribution in [0.15, 0.2) is 6.33 Å². The number of aliphatic hydroxyl groups is 1. The number of hydrogen-bond acceptors (Lipinski definition) is 5. The van der Waals surface area contributed by atoms with Crippen molar-refractivity contribution in [1.29, 1.82) is 0 Å². The van der Waals surface area contributed by atoms with Crippen LogP contribution in [0.2, 0.25) is 0 Å². The first-order valence-corrected chi connectivity index (χ1v) is 7.48. The van der Waals surface area contributed by atoms with Crippen LogP contribution in [-0.2, 0) is 11.8 Å². The number of nitrogens with one attached hydrogen (secondary N) is 1. The molecule has 1 heterocycles. The molecular formula is C14H28N4O2. The van der Waals surface area contributed by atoms with E-state index in [2.05, 4.69) is 22.4 Å². The van der Waals surface area contributed by atoms with E-state index in [1.807, 2.05) is 18.5 Å². The average molecular weight is 284 g/mol. The molecule has 0 saturated heterocycles. The summed E-state index contributed by atoms with van der Waals surface area (Å²) in [7, 11) is 1.91. The molecule has 0 fully saturated rings. The van der Waals surface area contributed by atoms with Crippen LogP contribution in [0, 0.1) is 0 Å². The van der Waals surface area contributed by atoms with Gasteiger partial charge in [0.25, 0.3) is 0 Å². The number of ether oxygens (including phenoxy) is 1. The summed E-state index contributed by atoms with van der Waals surface area (Å²) in [6, 6.07) is 0.0571. The zero-order valence-electron chi connectivity index (χ0n) is 12.9. The zero-order valence-corrected chi connectivity index (χ0v) is 12.9. The quantitative estimate of drug-likeness (QED) is 0.601. The molecule has 0 aliphatic rings. The number of aliphatic hydroxyl groups excluding tert-OH is 1. The Labute approximate surface area is 121 Å². The van der Waals surface area contributed by atoms with Gasteiger partial charge in [-0.3, -0.25) is 0 Å². The summed E-state index contributed by atoms with van der Waals surface area (Å²) in [6.45, 7) is 5.79. The lowest BCUT2D eigenvalue weighted by molar-refractivity contribution is 0.0342. The van der Waals surface area contributed by atoms with Crippen molar-refractivity contribution in [2.75, 3.05) is 19.8 Å². The maximum absolute atomic E-state index is 9.84. The first-order valence-electron chi connectivity index (χ1n) is 7.48. The van der Waals surface area contributed by atoms with Gasteiger partial charge >= 0.3 is 0 Å². The Hall–Kier alpha value is -0.980. The van der Waals surface area contributed by atoms with Gasteiger partial charge in [-0.1, -0.05) is 26.2 Å². The SMILES string of the molecule is CCCCCCOCC(O)CNC(C)c1nncn1C. The summed E-state index contributed by atoms with van der Waals surface area (Å²) in [5.41, 5.74) is 0. The third-order valence-electron chi connectivity index (χ3n) is 3.25. The van der Waals surface area contributed by atoms with Crippen LogP contribution in [0.25, 0.3) is 0 Å². The summed E-state index contributed by atoms with van der Waals surface area (Å²) in [4.78, 5) is 0. The second-order valence-electron chi connectivity index (χ2n) is 5.22. The third-order valence-corrected chi connectivity index (χ3v) is 3.25. The topological polar surface area (TPSA) is 72.2 Å². The minimum absolute atomic E-state index is 0.0571. The monoisotopic (exact) mass is 284 g/mol. The number of aryl methyl sites for hydroxylation is 1. The summed E-state index contributed by atoms with van der Waals surface area (Å²) in [6.07, 6.45) is 5.94. The highest BCUT2D eigenvalue weighted by molar-refractivity contribution is 4.92. The number of hydrogen-bond donors (Lipinski definition) is 2. The van der Waals surface area contributed by atoms with E-state index in [1.165, 1.54) is 19.3 Å². The number of aromatic nitrogens is 3. The summed E-state index contributed by atoms with van der Waals surface area (Å²) < 4.78 is 7.33. The molecule has 0 aliphatic heterocycles. The van der Waals surface area contributed by atoms with E-state index < -0.39 is 6.10 Å². The van der Waals surface area contributed by atoms with Crippen LogP contribution in [0.1, 0.15) is 51.4 Å². The Morgan fingerprint density at radius 1 is 1.40 bits per heavy atom. The van der Waals surface area contributed by atoms with E-state index in [-0.39, 0.29) is 6.04 Å². The molecule has 2 atom stereocenters. The number of unbranched alkanes of at least 4 members (excludes halogenated alkanes) is 3. The van der Waals surface area contributed by atoms with Crippen LogP contribution in [0.5, 0.6) is 0 Å². The van der Waals surface area contributed by atoms with Crippen molar-refractivity contribution >= 4 is 0 Å². The average Bonchev–Trinajstić information content (AvgIpc) is 2.86. The van der Waals surface area contributed by atoms with Crippen molar-refractivity contribution in [2.24, 2.45) is 7.05 Å². The number of rotatable bonds is 11. The first-order chi connectivity index (χ1) is 9.65. The fourth-order valence-electron chi connectivity index (χ4n) is 2.00. The standard InChI is InChI=1S/C14H28N4O2/c1-4-5-6-7-8-20-10-13(19)9-15-12(2)14-17-16-11-18(14)3/h11-13,15,19H,4-10H2,1-3H3. The molecule has 20 heavy (non-hydrogen) atoms. The Balaban J connectivity index is 2.08. The largest absolute Gasteiger partial charge is 0.389 e. The lowest BCUT2D eigenvalue weighted by Gasteiger charge is -2.16. The van der Waals surface area contributed by atoms with Gasteiger partial charge in [0.15, 0.2) is 0 Å². The van der Waals surface area contributed by atoms with Gasteiger partial charge in [0, 0.05) is 20.2 Å². The molecule has 1 rings (SSSR count). The second kappa shape index (κ2) is 9.85. The minimum Gasteiger partial charge on any atom is -0.389 e. The molecule has 0 aromatic carbocycles. The highest BCUT2D eigenvalue weighted by Gasteiger charge is 2.12. The highest BCUT2D eigenvalue weighted by Crippen LogP contribution is 2.06. The van der Waals surface area contributed by atoms with E-state index in [4.69, 9.17) is 4.74 Å². The molecule has 0 amide bonds. The zero-order chi connectivity index (χ0) is 14.8. The van der Waals surface area contributed by atoms with Crippen LogP contribution in [0.3, 0.4) is 0 Å². The molecule has 116 valence electrons. The molecule has 0 aliphatic carbocycles. The Bertz CT molecular complexity index is 357. The molecule has 0 saturated carbocycles. The molecule has 6 heteroatoms. The highest BCUT2D eigenvalue weighted by atomic mass is 16.5. The Morgan fingerprint density at radius 2 is 2.20 bits per heavy atom. The number of nitrogens with zero attached hydrogens (tertiary/aromatic N) is 3. The molecule has 0 spiro atoms. The molecule has 2 unspecified atom stereocenters. The Kier molecular flexibility index (Phi) is 8.41. The van der Waals surface area contributed by atoms with Gasteiger partial charge in [-0.25, -0.2) is 0 Å². The fourth-order valence-corrected chi connectivity index (χ4v) is 2.00. The lowest BCUT2D eigenvalue weighted by Crippen LogP contribution is -2.33. The molecule has 0 radical (unpaired) electrons. The van der Waals surface area contributed by atoms with Gasteiger partial charge in [-0.2, -0.15) is 0 Å². The predicted molar refractivity (Wildman–Crippen MR) is 78.4 cm³/mol. The van der Waals surface area contributed by atoms with E-state index in [0.717, 1.165) is 18.9 Å². The third kappa shape index (κ3) is 6.45. The van der Waals surface area contributed by atoms with Crippen molar-refractivity contribution in [1.82, 2.24) is 20.1 Å². The first kappa shape index (κ1) is 17.1. The van der Waals surface area contributed by atoms with Crippen molar-refractivity contribution in [2.45, 2.75) is 51.7 Å². The fraction of sp³-hybridized carbons (Fsp3) is 0.857. The van der Waals surface area contributed by atoms with Crippen molar-refractivity contribution in [3.05, 3.63) is 12.2 Å². The van der Waals surface area contributed by atoms with Crippen molar-refractivity contribution < 1.29 is 9.84 Å². The smallest absolute Gasteiger partial charge is 0.149 e. The van der Waals surface area contributed by atoms with Gasteiger partial charge in [-0.15, -0.1) is 10.2 Å². The summed E-state index contributed by atoms with van der Waals surface area (Å²) in [5, 5.41) is 20.9. The van der Waals surface area contributed by atoms with Gasteiger partial charge in [0.05, 0.1) is 18.8 Å². The summed E-state index contributed by atoms with van der Waals surface area (Å²) in [5.74, 6) is 0.859. The molecule has 0 bridgehead atoms. The Morgan fingerprint density at radius 3 is 2.85 bits per heavy atom. The molecule has 2 N–H and O–H groups in total. The normalized spacial score (nSPS) is 14.4. The van der Waals surface area contributed by atoms with E-state index in [9.17, 15) is 5.11 Å². The minimum atomic E-state index is -0.489. The van der Waals surface area contributed by atoms with Crippen LogP contribution in [-0.4, -0.2) is 45.7 Å². The lowest BCUT2D eigenvalue weighted by atomic mass is 10.2. The van der Waals surface area contributed by atoms with Crippen LogP contribution in [0.4, 0.5) is 0 Å². The second-order valence-corrected chi connectivity index (χ2v) is 5.22. The molecule has 6 nitrogen and oxygen atoms in total. The predicted octanol–water partition coefficient (Wildman–Crippen LogP) is 1.42.